The summed E-state index contributed by atoms with van der Waals surface area (Å²) in [5.41, 5.74) is 2.19. The zero-order valence-corrected chi connectivity index (χ0v) is 18.2. The molecule has 0 saturated heterocycles. The molecule has 2 aromatic rings. The van der Waals surface area contributed by atoms with Crippen LogP contribution in [0.15, 0.2) is 16.6 Å². The van der Waals surface area contributed by atoms with Crippen molar-refractivity contribution in [1.82, 2.24) is 4.98 Å². The smallest absolute Gasteiger partial charge is 0.340 e. The highest BCUT2D eigenvalue weighted by atomic mass is 79.9. The first-order valence-corrected chi connectivity index (χ1v) is 9.28. The van der Waals surface area contributed by atoms with Crippen LogP contribution in [-0.4, -0.2) is 44.9 Å². The Balaban J connectivity index is 2.97. The molecule has 0 aliphatic heterocycles. The number of pyridine rings is 1. The number of nitrogens with zero attached hydrogens (tertiary/aromatic N) is 1. The summed E-state index contributed by atoms with van der Waals surface area (Å²) in [5, 5.41) is 0. The van der Waals surface area contributed by atoms with Gasteiger partial charge in [0.2, 0.25) is 0 Å². The van der Waals surface area contributed by atoms with Crippen molar-refractivity contribution < 1.29 is 28.5 Å². The molecule has 0 radical (unpaired) electrons. The molecule has 0 aliphatic carbocycles. The van der Waals surface area contributed by atoms with Gasteiger partial charge in [-0.25, -0.2) is 9.59 Å². The Labute approximate surface area is 172 Å². The van der Waals surface area contributed by atoms with Crippen LogP contribution < -0.4 is 9.47 Å². The van der Waals surface area contributed by atoms with Crippen LogP contribution in [0.1, 0.15) is 39.0 Å². The fraction of sp³-hybridized carbons (Fsp3) is 0.350. The maximum atomic E-state index is 12.5. The SMILES string of the molecule is CCOc1cc(-c2c(C(=O)OC)c(C)nc(C)c2C(=O)OC)cc(Br)c1OC. The van der Waals surface area contributed by atoms with E-state index >= 15 is 0 Å². The number of halogens is 1. The van der Waals surface area contributed by atoms with E-state index in [-0.39, 0.29) is 11.1 Å². The van der Waals surface area contributed by atoms with Crippen molar-refractivity contribution in [3.05, 3.63) is 39.1 Å². The Hall–Kier alpha value is -2.61. The molecule has 0 N–H and O–H groups in total. The Morgan fingerprint density at radius 2 is 1.54 bits per heavy atom. The van der Waals surface area contributed by atoms with E-state index in [0.29, 0.717) is 45.1 Å². The summed E-state index contributed by atoms with van der Waals surface area (Å²) in [6, 6.07) is 3.45. The highest BCUT2D eigenvalue weighted by Gasteiger charge is 2.28. The maximum Gasteiger partial charge on any atom is 0.340 e. The van der Waals surface area contributed by atoms with Gasteiger partial charge in [0.1, 0.15) is 0 Å². The lowest BCUT2D eigenvalue weighted by Gasteiger charge is -2.19. The van der Waals surface area contributed by atoms with E-state index < -0.39 is 11.9 Å². The molecule has 0 bridgehead atoms. The molecule has 28 heavy (non-hydrogen) atoms. The third kappa shape index (κ3) is 3.96. The summed E-state index contributed by atoms with van der Waals surface area (Å²) in [6.07, 6.45) is 0. The quantitative estimate of drug-likeness (QED) is 0.610. The lowest BCUT2D eigenvalue weighted by Crippen LogP contribution is -2.16. The molecule has 1 heterocycles. The van der Waals surface area contributed by atoms with Crippen LogP contribution in [0, 0.1) is 13.8 Å². The molecule has 0 aliphatic rings. The average molecular weight is 452 g/mol. The van der Waals surface area contributed by atoms with E-state index in [1.807, 2.05) is 6.92 Å². The largest absolute Gasteiger partial charge is 0.492 e. The predicted molar refractivity (Wildman–Crippen MR) is 107 cm³/mol. The van der Waals surface area contributed by atoms with E-state index in [2.05, 4.69) is 20.9 Å². The number of carbonyl (C=O) groups excluding carboxylic acids is 2. The first-order valence-electron chi connectivity index (χ1n) is 8.49. The number of hydrogen-bond acceptors (Lipinski definition) is 7. The van der Waals surface area contributed by atoms with Crippen molar-refractivity contribution in [2.75, 3.05) is 27.9 Å². The number of ether oxygens (including phenoxy) is 4. The number of aryl methyl sites for hydroxylation is 2. The Bertz CT molecular complexity index is 885. The monoisotopic (exact) mass is 451 g/mol. The molecule has 0 amide bonds. The number of esters is 2. The fourth-order valence-corrected chi connectivity index (χ4v) is 3.62. The van der Waals surface area contributed by atoms with E-state index in [0.717, 1.165) is 0 Å². The fourth-order valence-electron chi connectivity index (χ4n) is 3.02. The van der Waals surface area contributed by atoms with Crippen LogP contribution in [0.25, 0.3) is 11.1 Å². The van der Waals surface area contributed by atoms with Crippen molar-refractivity contribution in [2.45, 2.75) is 20.8 Å². The van der Waals surface area contributed by atoms with Gasteiger partial charge in [0, 0.05) is 5.56 Å². The molecule has 150 valence electrons. The van der Waals surface area contributed by atoms with Gasteiger partial charge >= 0.3 is 11.9 Å². The predicted octanol–water partition coefficient (Wildman–Crippen LogP) is 4.11. The van der Waals surface area contributed by atoms with Gasteiger partial charge in [-0.15, -0.1) is 0 Å². The molecule has 8 heteroatoms. The second-order valence-electron chi connectivity index (χ2n) is 5.81. The first-order chi connectivity index (χ1) is 13.3. The molecular formula is C20H22BrNO6. The van der Waals surface area contributed by atoms with Crippen LogP contribution in [-0.2, 0) is 9.47 Å². The van der Waals surface area contributed by atoms with Gasteiger partial charge in [-0.05, 0) is 54.4 Å². The van der Waals surface area contributed by atoms with E-state index in [4.69, 9.17) is 18.9 Å². The van der Waals surface area contributed by atoms with Crippen LogP contribution >= 0.6 is 15.9 Å². The lowest BCUT2D eigenvalue weighted by atomic mass is 9.92. The highest BCUT2D eigenvalue weighted by molar-refractivity contribution is 9.10. The molecular weight excluding hydrogens is 430 g/mol. The van der Waals surface area contributed by atoms with Gasteiger partial charge in [-0.3, -0.25) is 4.98 Å². The molecule has 0 unspecified atom stereocenters. The summed E-state index contributed by atoms with van der Waals surface area (Å²) in [4.78, 5) is 29.4. The number of aromatic nitrogens is 1. The first kappa shape index (κ1) is 21.7. The normalized spacial score (nSPS) is 10.4. The van der Waals surface area contributed by atoms with Gasteiger partial charge in [0.15, 0.2) is 11.5 Å². The second kappa shape index (κ2) is 9.05. The van der Waals surface area contributed by atoms with Crippen molar-refractivity contribution in [1.29, 1.82) is 0 Å². The van der Waals surface area contributed by atoms with Crippen LogP contribution in [0.3, 0.4) is 0 Å². The van der Waals surface area contributed by atoms with Crippen molar-refractivity contribution in [3.8, 4) is 22.6 Å². The van der Waals surface area contributed by atoms with Gasteiger partial charge in [-0.1, -0.05) is 0 Å². The second-order valence-corrected chi connectivity index (χ2v) is 6.67. The van der Waals surface area contributed by atoms with Crippen molar-refractivity contribution in [2.24, 2.45) is 0 Å². The molecule has 1 aromatic carbocycles. The molecule has 0 spiro atoms. The molecule has 7 nitrogen and oxygen atoms in total. The maximum absolute atomic E-state index is 12.5. The minimum atomic E-state index is -0.602. The Morgan fingerprint density at radius 1 is 1.00 bits per heavy atom. The van der Waals surface area contributed by atoms with Crippen molar-refractivity contribution >= 4 is 27.9 Å². The topological polar surface area (TPSA) is 84.0 Å². The van der Waals surface area contributed by atoms with E-state index in [9.17, 15) is 9.59 Å². The summed E-state index contributed by atoms with van der Waals surface area (Å²) in [5.74, 6) is -0.231. The van der Waals surface area contributed by atoms with Gasteiger partial charge in [-0.2, -0.15) is 0 Å². The zero-order valence-electron chi connectivity index (χ0n) is 16.6. The van der Waals surface area contributed by atoms with Crippen LogP contribution in [0.4, 0.5) is 0 Å². The lowest BCUT2D eigenvalue weighted by molar-refractivity contribution is 0.0599. The molecule has 2 rings (SSSR count). The Morgan fingerprint density at radius 3 is 1.96 bits per heavy atom. The summed E-state index contributed by atoms with van der Waals surface area (Å²) >= 11 is 3.47. The van der Waals surface area contributed by atoms with Crippen molar-refractivity contribution in [3.63, 3.8) is 0 Å². The highest BCUT2D eigenvalue weighted by Crippen LogP contribution is 2.42. The number of carbonyl (C=O) groups is 2. The summed E-state index contributed by atoms with van der Waals surface area (Å²) < 4.78 is 21.6. The van der Waals surface area contributed by atoms with E-state index in [1.54, 1.807) is 26.0 Å². The molecule has 0 saturated carbocycles. The van der Waals surface area contributed by atoms with Gasteiger partial charge in [0.25, 0.3) is 0 Å². The standard InChI is InChI=1S/C20H22BrNO6/c1-7-28-14-9-12(8-13(21)18(14)25-4)17-15(19(23)26-5)10(2)22-11(3)16(17)20(24)27-6/h8-9H,7H2,1-6H3. The van der Waals surface area contributed by atoms with Crippen LogP contribution in [0.2, 0.25) is 0 Å². The summed E-state index contributed by atoms with van der Waals surface area (Å²) in [6.45, 7) is 5.63. The average Bonchev–Trinajstić information content (AvgIpc) is 2.66. The third-order valence-electron chi connectivity index (χ3n) is 4.14. The van der Waals surface area contributed by atoms with Crippen LogP contribution in [0.5, 0.6) is 11.5 Å². The van der Waals surface area contributed by atoms with E-state index in [1.165, 1.54) is 21.3 Å². The van der Waals surface area contributed by atoms with Gasteiger partial charge < -0.3 is 18.9 Å². The molecule has 0 atom stereocenters. The number of rotatable bonds is 6. The van der Waals surface area contributed by atoms with Gasteiger partial charge in [0.05, 0.1) is 54.9 Å². The number of methoxy groups -OCH3 is 3. The zero-order chi connectivity index (χ0) is 21.0. The number of benzene rings is 1. The molecule has 1 aromatic heterocycles. The minimum Gasteiger partial charge on any atom is -0.492 e. The third-order valence-corrected chi connectivity index (χ3v) is 4.73. The number of hydrogen-bond donors (Lipinski definition) is 0. The minimum absolute atomic E-state index is 0.188. The molecule has 0 fully saturated rings. The Kier molecular flexibility index (Phi) is 7.01. The summed E-state index contributed by atoms with van der Waals surface area (Å²) in [7, 11) is 4.08.